The highest BCUT2D eigenvalue weighted by Gasteiger charge is 2.23. The Bertz CT molecular complexity index is 653. The van der Waals surface area contributed by atoms with Crippen molar-refractivity contribution in [3.05, 3.63) is 34.3 Å². The first-order valence-electron chi connectivity index (χ1n) is 7.11. The first kappa shape index (κ1) is 13.1. The maximum absolute atomic E-state index is 9.48. The number of anilines is 1. The number of nitrogens with two attached hydrogens (primary N) is 1. The number of nitrogen functional groups attached to an aromatic ring is 1. The molecule has 0 aromatic carbocycles. The summed E-state index contributed by atoms with van der Waals surface area (Å²) in [5.41, 5.74) is 10.3. The molecule has 1 aliphatic rings. The number of aryl methyl sites for hydroxylation is 1. The minimum absolute atomic E-state index is 0.509. The van der Waals surface area contributed by atoms with Crippen LogP contribution in [0.5, 0.6) is 0 Å². The van der Waals surface area contributed by atoms with Gasteiger partial charge in [0.05, 0.1) is 0 Å². The fourth-order valence-electron chi connectivity index (χ4n) is 2.99. The Kier molecular flexibility index (Phi) is 3.70. The summed E-state index contributed by atoms with van der Waals surface area (Å²) in [4.78, 5) is 4.43. The van der Waals surface area contributed by atoms with Gasteiger partial charge in [0.1, 0.15) is 17.3 Å². The lowest BCUT2D eigenvalue weighted by molar-refractivity contribution is -0.374. The Morgan fingerprint density at radius 3 is 2.70 bits per heavy atom. The lowest BCUT2D eigenvalue weighted by Crippen LogP contribution is -2.23. The molecule has 3 rings (SSSR count). The molecular weight excluding hydrogens is 266 g/mol. The van der Waals surface area contributed by atoms with Crippen LogP contribution in [0.2, 0.25) is 0 Å². The van der Waals surface area contributed by atoms with Crippen molar-refractivity contribution in [2.75, 3.05) is 5.73 Å². The maximum Gasteiger partial charge on any atom is 0.289 e. The Hall–Kier alpha value is -1.86. The van der Waals surface area contributed by atoms with Crippen LogP contribution in [0.15, 0.2) is 17.5 Å². The SMILES string of the molecule is N#Cc1c(N)[nH+]c2c(c1-c1cccs1)CCCCCC2. The first-order chi connectivity index (χ1) is 9.81. The minimum Gasteiger partial charge on any atom is -0.286 e. The fraction of sp³-hybridized carbons (Fsp3) is 0.375. The van der Waals surface area contributed by atoms with Crippen molar-refractivity contribution in [3.63, 3.8) is 0 Å². The van der Waals surface area contributed by atoms with Gasteiger partial charge >= 0.3 is 0 Å². The van der Waals surface area contributed by atoms with Crippen molar-refractivity contribution in [1.82, 2.24) is 0 Å². The number of aromatic nitrogens is 1. The number of hydrogen-bond donors (Lipinski definition) is 1. The van der Waals surface area contributed by atoms with Crippen LogP contribution >= 0.6 is 11.3 Å². The molecule has 0 fully saturated rings. The molecule has 0 saturated heterocycles. The molecule has 0 spiro atoms. The van der Waals surface area contributed by atoms with Gasteiger partial charge in [-0.05, 0) is 30.7 Å². The van der Waals surface area contributed by atoms with Crippen LogP contribution < -0.4 is 10.7 Å². The van der Waals surface area contributed by atoms with Gasteiger partial charge in [0.25, 0.3) is 5.82 Å². The molecule has 20 heavy (non-hydrogen) atoms. The number of rotatable bonds is 1. The molecule has 2 heterocycles. The molecule has 1 aliphatic carbocycles. The summed E-state index contributed by atoms with van der Waals surface area (Å²) < 4.78 is 0. The van der Waals surface area contributed by atoms with Crippen molar-refractivity contribution in [1.29, 1.82) is 5.26 Å². The summed E-state index contributed by atoms with van der Waals surface area (Å²) >= 11 is 1.68. The van der Waals surface area contributed by atoms with E-state index in [1.54, 1.807) is 11.3 Å². The molecule has 102 valence electrons. The van der Waals surface area contributed by atoms with Gasteiger partial charge in [-0.15, -0.1) is 11.3 Å². The zero-order chi connectivity index (χ0) is 13.9. The van der Waals surface area contributed by atoms with E-state index in [0.717, 1.165) is 23.3 Å². The molecule has 3 nitrogen and oxygen atoms in total. The number of nitriles is 1. The van der Waals surface area contributed by atoms with E-state index in [0.29, 0.717) is 11.4 Å². The van der Waals surface area contributed by atoms with Crippen LogP contribution in [0, 0.1) is 11.3 Å². The number of fused-ring (bicyclic) bond motifs is 1. The number of H-pyrrole nitrogens is 1. The largest absolute Gasteiger partial charge is 0.289 e. The molecule has 0 aliphatic heterocycles. The van der Waals surface area contributed by atoms with E-state index in [1.807, 2.05) is 6.07 Å². The average Bonchev–Trinajstić information content (AvgIpc) is 2.93. The Morgan fingerprint density at radius 1 is 1.20 bits per heavy atom. The number of hydrogen-bond acceptors (Lipinski definition) is 3. The highest BCUT2D eigenvalue weighted by atomic mass is 32.1. The summed E-state index contributed by atoms with van der Waals surface area (Å²) in [6.45, 7) is 0. The van der Waals surface area contributed by atoms with Gasteiger partial charge in [0.15, 0.2) is 0 Å². The van der Waals surface area contributed by atoms with Crippen molar-refractivity contribution >= 4 is 17.2 Å². The predicted molar refractivity (Wildman–Crippen MR) is 81.3 cm³/mol. The fourth-order valence-corrected chi connectivity index (χ4v) is 3.80. The summed E-state index contributed by atoms with van der Waals surface area (Å²) in [6, 6.07) is 6.40. The van der Waals surface area contributed by atoms with Crippen LogP contribution in [0.25, 0.3) is 10.4 Å². The third kappa shape index (κ3) is 2.30. The molecule has 0 saturated carbocycles. The van der Waals surface area contributed by atoms with Gasteiger partial charge in [0.2, 0.25) is 0 Å². The lowest BCUT2D eigenvalue weighted by Gasteiger charge is -2.16. The summed E-state index contributed by atoms with van der Waals surface area (Å²) in [5.74, 6) is 0.509. The zero-order valence-corrected chi connectivity index (χ0v) is 12.2. The highest BCUT2D eigenvalue weighted by Crippen LogP contribution is 2.35. The van der Waals surface area contributed by atoms with Crippen molar-refractivity contribution in [2.24, 2.45) is 0 Å². The molecule has 2 aromatic heterocycles. The molecule has 0 atom stereocenters. The summed E-state index contributed by atoms with van der Waals surface area (Å²) in [6.07, 6.45) is 7.00. The van der Waals surface area contributed by atoms with Crippen LogP contribution in [-0.4, -0.2) is 0 Å². The molecule has 3 N–H and O–H groups in total. The highest BCUT2D eigenvalue weighted by molar-refractivity contribution is 7.13. The first-order valence-corrected chi connectivity index (χ1v) is 7.99. The molecule has 0 bridgehead atoms. The second-order valence-electron chi connectivity index (χ2n) is 5.25. The molecule has 0 radical (unpaired) electrons. The molecule has 0 amide bonds. The third-order valence-corrected chi connectivity index (χ3v) is 4.84. The molecule has 4 heteroatoms. The normalized spacial score (nSPS) is 14.9. The van der Waals surface area contributed by atoms with Crippen LogP contribution in [-0.2, 0) is 12.8 Å². The number of nitrogens with zero attached hydrogens (tertiary/aromatic N) is 1. The van der Waals surface area contributed by atoms with Gasteiger partial charge in [-0.25, -0.2) is 4.98 Å². The van der Waals surface area contributed by atoms with Gasteiger partial charge in [0, 0.05) is 22.4 Å². The molecular formula is C16H18N3S+. The van der Waals surface area contributed by atoms with E-state index in [4.69, 9.17) is 5.73 Å². The Morgan fingerprint density at radius 2 is 2.00 bits per heavy atom. The number of thiophene rings is 1. The standard InChI is InChI=1S/C16H17N3S/c17-10-12-15(14-8-5-9-20-14)11-6-3-1-2-4-7-13(11)19-16(12)18/h5,8-9H,1-4,6-7H2,(H2,18,19)/p+1. The second kappa shape index (κ2) is 5.64. The Labute approximate surface area is 123 Å². The number of aromatic amines is 1. The van der Waals surface area contributed by atoms with Crippen molar-refractivity contribution < 1.29 is 4.98 Å². The van der Waals surface area contributed by atoms with E-state index >= 15 is 0 Å². The van der Waals surface area contributed by atoms with E-state index in [9.17, 15) is 5.26 Å². The average molecular weight is 284 g/mol. The van der Waals surface area contributed by atoms with E-state index in [2.05, 4.69) is 22.5 Å². The molecule has 2 aromatic rings. The van der Waals surface area contributed by atoms with E-state index in [1.165, 1.54) is 36.9 Å². The third-order valence-electron chi connectivity index (χ3n) is 3.95. The van der Waals surface area contributed by atoms with Gasteiger partial charge in [-0.3, -0.25) is 5.73 Å². The Balaban J connectivity index is 2.25. The summed E-state index contributed by atoms with van der Waals surface area (Å²) in [5, 5.41) is 11.5. The minimum atomic E-state index is 0.509. The van der Waals surface area contributed by atoms with E-state index < -0.39 is 0 Å². The number of nitrogens with one attached hydrogen (secondary N) is 1. The quantitative estimate of drug-likeness (QED) is 0.873. The van der Waals surface area contributed by atoms with Gasteiger partial charge in [-0.1, -0.05) is 18.9 Å². The maximum atomic E-state index is 9.48. The monoisotopic (exact) mass is 284 g/mol. The second-order valence-corrected chi connectivity index (χ2v) is 6.20. The number of pyridine rings is 1. The van der Waals surface area contributed by atoms with E-state index in [-0.39, 0.29) is 0 Å². The van der Waals surface area contributed by atoms with Crippen LogP contribution in [0.1, 0.15) is 42.5 Å². The summed E-state index contributed by atoms with van der Waals surface area (Å²) in [7, 11) is 0. The zero-order valence-electron chi connectivity index (χ0n) is 11.4. The van der Waals surface area contributed by atoms with Crippen molar-refractivity contribution in [3.8, 4) is 16.5 Å². The van der Waals surface area contributed by atoms with Crippen LogP contribution in [0.4, 0.5) is 5.82 Å². The van der Waals surface area contributed by atoms with Gasteiger partial charge < -0.3 is 0 Å². The predicted octanol–water partition coefficient (Wildman–Crippen LogP) is 3.34. The van der Waals surface area contributed by atoms with Gasteiger partial charge in [-0.2, -0.15) is 5.26 Å². The lowest BCUT2D eigenvalue weighted by atomic mass is 9.90. The topological polar surface area (TPSA) is 64.0 Å². The molecule has 0 unspecified atom stereocenters. The van der Waals surface area contributed by atoms with Crippen LogP contribution in [0.3, 0.4) is 0 Å². The van der Waals surface area contributed by atoms with Crippen molar-refractivity contribution in [2.45, 2.75) is 38.5 Å². The smallest absolute Gasteiger partial charge is 0.286 e.